The first-order valence-corrected chi connectivity index (χ1v) is 7.69. The van der Waals surface area contributed by atoms with Gasteiger partial charge in [0.15, 0.2) is 11.9 Å². The second-order valence-electron chi connectivity index (χ2n) is 5.66. The molecular weight excluding hydrogens is 340 g/mol. The number of nitrogens with zero attached hydrogens (tertiary/aromatic N) is 2. The number of benzene rings is 1. The van der Waals surface area contributed by atoms with Crippen LogP contribution in [-0.2, 0) is 18.9 Å². The Balaban J connectivity index is 2.18. The normalized spacial score (nSPS) is 12.1. The van der Waals surface area contributed by atoms with Crippen molar-refractivity contribution >= 4 is 17.8 Å². The number of aromatic nitrogens is 2. The average molecular weight is 358 g/mol. The van der Waals surface area contributed by atoms with Gasteiger partial charge in [0.1, 0.15) is 5.75 Å². The van der Waals surface area contributed by atoms with Gasteiger partial charge < -0.3 is 14.4 Å². The van der Waals surface area contributed by atoms with Gasteiger partial charge in [-0.1, -0.05) is 0 Å². The molecule has 0 unspecified atom stereocenters. The van der Waals surface area contributed by atoms with Crippen LogP contribution < -0.4 is 16.0 Å². The molecule has 0 fully saturated rings. The molecule has 0 bridgehead atoms. The fourth-order valence-corrected chi connectivity index (χ4v) is 2.16. The molecule has 136 valence electrons. The number of aliphatic carboxylic acids is 1. The lowest BCUT2D eigenvalue weighted by atomic mass is 10.1. The van der Waals surface area contributed by atoms with Crippen LogP contribution in [0.2, 0.25) is 0 Å². The van der Waals surface area contributed by atoms with E-state index in [1.807, 2.05) is 0 Å². The summed E-state index contributed by atoms with van der Waals surface area (Å²) < 4.78 is 7.40. The molecule has 0 spiro atoms. The summed E-state index contributed by atoms with van der Waals surface area (Å²) in [5.74, 6) is -1.11. The number of allylic oxidation sites excluding steroid dienone is 1. The van der Waals surface area contributed by atoms with Crippen LogP contribution in [0.3, 0.4) is 0 Å². The lowest BCUT2D eigenvalue weighted by molar-refractivity contribution is -0.144. The van der Waals surface area contributed by atoms with Crippen molar-refractivity contribution in [2.45, 2.75) is 13.0 Å². The number of aryl methyl sites for hydroxylation is 1. The van der Waals surface area contributed by atoms with E-state index in [9.17, 15) is 19.2 Å². The van der Waals surface area contributed by atoms with Crippen LogP contribution in [0.4, 0.5) is 0 Å². The Morgan fingerprint density at radius 2 is 1.77 bits per heavy atom. The molecule has 1 heterocycles. The van der Waals surface area contributed by atoms with Gasteiger partial charge in [-0.15, -0.1) is 0 Å². The summed E-state index contributed by atoms with van der Waals surface area (Å²) in [7, 11) is 2.87. The van der Waals surface area contributed by atoms with Crippen LogP contribution in [0, 0.1) is 0 Å². The van der Waals surface area contributed by atoms with Crippen molar-refractivity contribution in [2.75, 3.05) is 0 Å². The number of carboxylic acid groups (broad SMARTS) is 1. The van der Waals surface area contributed by atoms with Gasteiger partial charge in [0.05, 0.1) is 5.56 Å². The Labute approximate surface area is 148 Å². The molecule has 0 radical (unpaired) electrons. The first kappa shape index (κ1) is 18.9. The van der Waals surface area contributed by atoms with Crippen molar-refractivity contribution in [3.63, 3.8) is 0 Å². The molecule has 1 atom stereocenters. The molecule has 26 heavy (non-hydrogen) atoms. The van der Waals surface area contributed by atoms with E-state index in [-0.39, 0.29) is 11.3 Å². The molecule has 0 amide bonds. The van der Waals surface area contributed by atoms with Gasteiger partial charge in [-0.2, -0.15) is 0 Å². The molecule has 0 saturated heterocycles. The fraction of sp³-hybridized carbons (Fsp3) is 0.222. The third kappa shape index (κ3) is 4.15. The molecule has 2 rings (SSSR count). The molecule has 0 saturated carbocycles. The van der Waals surface area contributed by atoms with Gasteiger partial charge in [-0.25, -0.2) is 9.59 Å². The van der Waals surface area contributed by atoms with Crippen molar-refractivity contribution in [2.24, 2.45) is 14.1 Å². The maximum atomic E-state index is 12.2. The van der Waals surface area contributed by atoms with E-state index >= 15 is 0 Å². The number of hydrogen-bond acceptors (Lipinski definition) is 5. The van der Waals surface area contributed by atoms with E-state index < -0.39 is 23.3 Å². The second-order valence-corrected chi connectivity index (χ2v) is 5.66. The first-order chi connectivity index (χ1) is 12.2. The zero-order chi connectivity index (χ0) is 19.4. The number of rotatable bonds is 6. The van der Waals surface area contributed by atoms with Gasteiger partial charge in [0, 0.05) is 25.9 Å². The number of carbonyl (C=O) groups is 2. The Kier molecular flexibility index (Phi) is 5.56. The lowest BCUT2D eigenvalue weighted by Crippen LogP contribution is -2.37. The van der Waals surface area contributed by atoms with Gasteiger partial charge in [-0.3, -0.25) is 14.2 Å². The van der Waals surface area contributed by atoms with E-state index in [1.165, 1.54) is 68.2 Å². The molecular formula is C18H18N2O6. The van der Waals surface area contributed by atoms with Crippen LogP contribution >= 0.6 is 0 Å². The molecule has 8 nitrogen and oxygen atoms in total. The molecule has 2 aromatic rings. The lowest BCUT2D eigenvalue weighted by Gasteiger charge is -2.10. The van der Waals surface area contributed by atoms with Crippen molar-refractivity contribution < 1.29 is 19.4 Å². The second kappa shape index (κ2) is 7.64. The summed E-state index contributed by atoms with van der Waals surface area (Å²) in [6, 6.07) is 5.97. The SMILES string of the molecule is C[C@H](Oc1ccc(C(=O)/C=C\c2cn(C)c(=O)n(C)c2=O)cc1)C(=O)O. The molecule has 8 heteroatoms. The predicted octanol–water partition coefficient (Wildman–Crippen LogP) is 0.832. The largest absolute Gasteiger partial charge is 0.479 e. The van der Waals surface area contributed by atoms with Gasteiger partial charge in [0.25, 0.3) is 5.56 Å². The minimum absolute atomic E-state index is 0.207. The Morgan fingerprint density at radius 1 is 1.15 bits per heavy atom. The van der Waals surface area contributed by atoms with Crippen molar-refractivity contribution in [3.05, 3.63) is 68.5 Å². The Morgan fingerprint density at radius 3 is 2.35 bits per heavy atom. The number of hydrogen-bond donors (Lipinski definition) is 1. The van der Waals surface area contributed by atoms with E-state index in [1.54, 1.807) is 0 Å². The summed E-state index contributed by atoms with van der Waals surface area (Å²) in [6.07, 6.45) is 2.94. The highest BCUT2D eigenvalue weighted by atomic mass is 16.5. The highest BCUT2D eigenvalue weighted by Gasteiger charge is 2.12. The molecule has 1 N–H and O–H groups in total. The monoisotopic (exact) mass is 358 g/mol. The number of ether oxygens (including phenoxy) is 1. The quantitative estimate of drug-likeness (QED) is 0.605. The van der Waals surface area contributed by atoms with Crippen molar-refractivity contribution in [1.29, 1.82) is 0 Å². The highest BCUT2D eigenvalue weighted by Crippen LogP contribution is 2.15. The van der Waals surface area contributed by atoms with Crippen LogP contribution in [0.1, 0.15) is 22.8 Å². The fourth-order valence-electron chi connectivity index (χ4n) is 2.16. The van der Waals surface area contributed by atoms with Crippen LogP contribution in [0.5, 0.6) is 5.75 Å². The zero-order valence-corrected chi connectivity index (χ0v) is 14.5. The number of ketones is 1. The van der Waals surface area contributed by atoms with E-state index in [0.717, 1.165) is 4.57 Å². The minimum Gasteiger partial charge on any atom is -0.479 e. The Hall–Kier alpha value is -3.42. The maximum Gasteiger partial charge on any atom is 0.344 e. The third-order valence-corrected chi connectivity index (χ3v) is 3.69. The zero-order valence-electron chi connectivity index (χ0n) is 14.5. The Bertz CT molecular complexity index is 982. The van der Waals surface area contributed by atoms with Crippen molar-refractivity contribution in [3.8, 4) is 5.75 Å². The smallest absolute Gasteiger partial charge is 0.344 e. The van der Waals surface area contributed by atoms with Gasteiger partial charge in [-0.05, 0) is 43.3 Å². The van der Waals surface area contributed by atoms with E-state index in [4.69, 9.17) is 9.84 Å². The summed E-state index contributed by atoms with van der Waals surface area (Å²) in [4.78, 5) is 46.6. The van der Waals surface area contributed by atoms with Gasteiger partial charge >= 0.3 is 11.7 Å². The van der Waals surface area contributed by atoms with E-state index in [0.29, 0.717) is 11.3 Å². The predicted molar refractivity (Wildman–Crippen MR) is 94.5 cm³/mol. The third-order valence-electron chi connectivity index (χ3n) is 3.69. The molecule has 1 aromatic carbocycles. The summed E-state index contributed by atoms with van der Waals surface area (Å²) >= 11 is 0. The van der Waals surface area contributed by atoms with Crippen LogP contribution in [0.25, 0.3) is 6.08 Å². The molecule has 0 aliphatic heterocycles. The summed E-state index contributed by atoms with van der Waals surface area (Å²) in [6.45, 7) is 1.40. The number of carboxylic acids is 1. The average Bonchev–Trinajstić information content (AvgIpc) is 2.62. The van der Waals surface area contributed by atoms with Gasteiger partial charge in [0.2, 0.25) is 0 Å². The number of carbonyl (C=O) groups excluding carboxylic acids is 1. The maximum absolute atomic E-state index is 12.2. The van der Waals surface area contributed by atoms with Crippen molar-refractivity contribution in [1.82, 2.24) is 9.13 Å². The first-order valence-electron chi connectivity index (χ1n) is 7.69. The minimum atomic E-state index is -1.09. The van der Waals surface area contributed by atoms with Crippen LogP contribution in [0.15, 0.2) is 46.1 Å². The molecule has 0 aliphatic carbocycles. The van der Waals surface area contributed by atoms with E-state index in [2.05, 4.69) is 0 Å². The topological polar surface area (TPSA) is 108 Å². The highest BCUT2D eigenvalue weighted by molar-refractivity contribution is 6.06. The molecule has 1 aromatic heterocycles. The standard InChI is InChI=1S/C18H18N2O6/c1-11(17(23)24)26-14-7-4-12(5-8-14)15(21)9-6-13-10-19(2)18(25)20(3)16(13)22/h4-11H,1-3H3,(H,23,24)/b9-6-/t11-/m0/s1. The molecule has 0 aliphatic rings. The summed E-state index contributed by atoms with van der Waals surface area (Å²) in [5, 5.41) is 8.81. The summed E-state index contributed by atoms with van der Waals surface area (Å²) in [5.41, 5.74) is -0.399. The van der Waals surface area contributed by atoms with Crippen LogP contribution in [-0.4, -0.2) is 32.1 Å².